The number of ketones is 2. The number of aromatic nitrogens is 1. The maximum atomic E-state index is 13.9. The van der Waals surface area contributed by atoms with E-state index < -0.39 is 58.0 Å². The maximum Gasteiger partial charge on any atom is 0.255 e. The number of halogens is 2. The zero-order chi connectivity index (χ0) is 27.6. The lowest BCUT2D eigenvalue weighted by Crippen LogP contribution is -2.65. The number of aliphatic hydroxyl groups excluding tert-OH is 2. The Morgan fingerprint density at radius 1 is 1.15 bits per heavy atom. The average Bonchev–Trinajstić information content (AvgIpc) is 2.80. The van der Waals surface area contributed by atoms with Gasteiger partial charge in [0.15, 0.2) is 23.0 Å². The molecular formula is C25H35Cl2N5O7. The summed E-state index contributed by atoms with van der Waals surface area (Å²) in [7, 11) is 6.65. The van der Waals surface area contributed by atoms with Crippen molar-refractivity contribution in [2.75, 3.05) is 45.0 Å². The largest absolute Gasteiger partial charge is 0.508 e. The van der Waals surface area contributed by atoms with Crippen LogP contribution in [0.1, 0.15) is 30.9 Å². The standard InChI is InChI=1S/C25H33N5O7.2ClH/c1-6-7-27-23-19(33)14-11(24(28-23)30(4)5)8-10-9-12-16(29(2)3)18(32)15(22(26)36)21(35)25(12,37)20(34)13(10)17(14)31;;/h10,12,16,31,33,35,37H,6-9H2,1-5H3,(H2,26,36)(H,27,28);2*1H/t10-,12-,16-,25-;;/m0../s1. The molecule has 0 bridgehead atoms. The van der Waals surface area contributed by atoms with Crippen molar-refractivity contribution >= 4 is 59.7 Å². The van der Waals surface area contributed by atoms with Gasteiger partial charge in [0.25, 0.3) is 5.91 Å². The lowest BCUT2D eigenvalue weighted by atomic mass is 9.57. The first-order chi connectivity index (χ1) is 17.3. The van der Waals surface area contributed by atoms with E-state index in [1.807, 2.05) is 6.92 Å². The molecule has 1 aromatic heterocycles. The number of rotatable bonds is 6. The van der Waals surface area contributed by atoms with Crippen LogP contribution in [0.5, 0.6) is 5.75 Å². The number of aliphatic hydroxyl groups is 3. The van der Waals surface area contributed by atoms with Gasteiger partial charge in [-0.3, -0.25) is 19.3 Å². The molecule has 0 aliphatic heterocycles. The Bertz CT molecular complexity index is 1280. The molecule has 4 atom stereocenters. The number of pyridine rings is 1. The number of carbonyl (C=O) groups excluding carboxylic acids is 3. The summed E-state index contributed by atoms with van der Waals surface area (Å²) < 4.78 is 0. The number of amides is 1. The van der Waals surface area contributed by atoms with E-state index in [4.69, 9.17) is 5.73 Å². The molecule has 7 N–H and O–H groups in total. The number of Topliss-reactive ketones (excluding diaryl/α,β-unsaturated/α-hetero) is 2. The number of likely N-dealkylation sites (N-methyl/N-ethyl adjacent to an activating group) is 1. The fourth-order valence-electron chi connectivity index (χ4n) is 5.92. The number of carbonyl (C=O) groups is 3. The number of aromatic hydroxyl groups is 1. The molecule has 0 aromatic carbocycles. The Labute approximate surface area is 238 Å². The molecule has 14 heteroatoms. The molecule has 216 valence electrons. The second-order valence-electron chi connectivity index (χ2n) is 10.3. The number of nitrogens with zero attached hydrogens (tertiary/aromatic N) is 3. The Morgan fingerprint density at radius 3 is 2.28 bits per heavy atom. The molecule has 4 rings (SSSR count). The summed E-state index contributed by atoms with van der Waals surface area (Å²) in [5, 5.41) is 48.1. The Hall–Kier alpha value is -3.06. The zero-order valence-electron chi connectivity index (χ0n) is 22.3. The summed E-state index contributed by atoms with van der Waals surface area (Å²) in [6, 6.07) is -1.13. The number of fused-ring (bicyclic) bond motifs is 3. The molecular weight excluding hydrogens is 553 g/mol. The average molecular weight is 588 g/mol. The van der Waals surface area contributed by atoms with Gasteiger partial charge in [-0.15, -0.1) is 24.8 Å². The normalized spacial score (nSPS) is 25.8. The van der Waals surface area contributed by atoms with Crippen molar-refractivity contribution in [2.24, 2.45) is 17.6 Å². The van der Waals surface area contributed by atoms with E-state index in [2.05, 4.69) is 10.3 Å². The van der Waals surface area contributed by atoms with Crippen LogP contribution in [0.4, 0.5) is 11.6 Å². The van der Waals surface area contributed by atoms with Crippen LogP contribution in [0.15, 0.2) is 16.9 Å². The molecule has 0 saturated heterocycles. The fourth-order valence-corrected chi connectivity index (χ4v) is 5.92. The molecule has 0 unspecified atom stereocenters. The van der Waals surface area contributed by atoms with Gasteiger partial charge in [0.2, 0.25) is 5.78 Å². The summed E-state index contributed by atoms with van der Waals surface area (Å²) in [5.41, 5.74) is 2.17. The SMILES string of the molecule is CCCNc1nc(N(C)C)c2c(c1O)C(O)=C1C(=O)[C@]3(O)C(O)=C(C(N)=O)C(=O)[C@@H](N(C)C)[C@@H]3C[C@@H]1C2.Cl.Cl. The predicted octanol–water partition coefficient (Wildman–Crippen LogP) is 1.09. The van der Waals surface area contributed by atoms with Gasteiger partial charge >= 0.3 is 0 Å². The summed E-state index contributed by atoms with van der Waals surface area (Å²) in [4.78, 5) is 46.9. The van der Waals surface area contributed by atoms with Crippen LogP contribution in [-0.2, 0) is 20.8 Å². The van der Waals surface area contributed by atoms with Crippen LogP contribution < -0.4 is 16.0 Å². The third-order valence-corrected chi connectivity index (χ3v) is 7.53. The number of hydrogen-bond acceptors (Lipinski definition) is 11. The molecule has 1 aromatic rings. The summed E-state index contributed by atoms with van der Waals surface area (Å²) in [6.07, 6.45) is 0.947. The number of nitrogens with two attached hydrogens (primary N) is 1. The van der Waals surface area contributed by atoms with E-state index in [0.717, 1.165) is 6.42 Å². The third kappa shape index (κ3) is 4.58. The molecule has 3 aliphatic rings. The molecule has 0 radical (unpaired) electrons. The third-order valence-electron chi connectivity index (χ3n) is 7.53. The van der Waals surface area contributed by atoms with Crippen molar-refractivity contribution in [1.82, 2.24) is 9.88 Å². The molecule has 1 fully saturated rings. The van der Waals surface area contributed by atoms with Gasteiger partial charge in [-0.1, -0.05) is 6.92 Å². The van der Waals surface area contributed by atoms with Gasteiger partial charge in [0, 0.05) is 37.7 Å². The highest BCUT2D eigenvalue weighted by Crippen LogP contribution is 2.54. The first kappa shape index (κ1) is 32.2. The van der Waals surface area contributed by atoms with Gasteiger partial charge in [-0.2, -0.15) is 0 Å². The van der Waals surface area contributed by atoms with Crippen LogP contribution in [0.25, 0.3) is 5.76 Å². The van der Waals surface area contributed by atoms with Crippen LogP contribution in [0.2, 0.25) is 0 Å². The summed E-state index contributed by atoms with van der Waals surface area (Å²) >= 11 is 0. The van der Waals surface area contributed by atoms with Crippen LogP contribution in [0, 0.1) is 11.8 Å². The molecule has 1 amide bonds. The first-order valence-electron chi connectivity index (χ1n) is 12.1. The quantitative estimate of drug-likeness (QED) is 0.261. The van der Waals surface area contributed by atoms with E-state index in [-0.39, 0.29) is 60.4 Å². The highest BCUT2D eigenvalue weighted by atomic mass is 35.5. The van der Waals surface area contributed by atoms with E-state index >= 15 is 0 Å². The van der Waals surface area contributed by atoms with Crippen molar-refractivity contribution in [3.8, 4) is 5.75 Å². The minimum absolute atomic E-state index is 0. The monoisotopic (exact) mass is 587 g/mol. The van der Waals surface area contributed by atoms with Crippen molar-refractivity contribution in [3.05, 3.63) is 28.0 Å². The van der Waals surface area contributed by atoms with Crippen LogP contribution in [0.3, 0.4) is 0 Å². The second kappa shape index (κ2) is 11.2. The van der Waals surface area contributed by atoms with Gasteiger partial charge < -0.3 is 36.4 Å². The Balaban J connectivity index is 0.00000267. The summed E-state index contributed by atoms with van der Waals surface area (Å²) in [5.74, 6) is -6.27. The number of anilines is 2. The number of nitrogens with one attached hydrogen (secondary N) is 1. The molecule has 39 heavy (non-hydrogen) atoms. The minimum Gasteiger partial charge on any atom is -0.508 e. The molecule has 3 aliphatic carbocycles. The fraction of sp³-hybridized carbons (Fsp3) is 0.520. The molecule has 0 spiro atoms. The van der Waals surface area contributed by atoms with Gasteiger partial charge in [0.05, 0.1) is 11.6 Å². The van der Waals surface area contributed by atoms with Crippen molar-refractivity contribution in [2.45, 2.75) is 37.8 Å². The van der Waals surface area contributed by atoms with Gasteiger partial charge in [0.1, 0.15) is 22.9 Å². The lowest BCUT2D eigenvalue weighted by Gasteiger charge is -2.50. The van der Waals surface area contributed by atoms with Crippen molar-refractivity contribution < 1.29 is 34.8 Å². The summed E-state index contributed by atoms with van der Waals surface area (Å²) in [6.45, 7) is 2.44. The first-order valence-corrected chi connectivity index (χ1v) is 12.1. The zero-order valence-corrected chi connectivity index (χ0v) is 23.9. The minimum atomic E-state index is -2.67. The van der Waals surface area contributed by atoms with E-state index in [1.165, 1.54) is 4.90 Å². The number of hydrogen-bond donors (Lipinski definition) is 6. The van der Waals surface area contributed by atoms with Crippen molar-refractivity contribution in [1.29, 1.82) is 0 Å². The highest BCUT2D eigenvalue weighted by Gasteiger charge is 2.64. The predicted molar refractivity (Wildman–Crippen MR) is 150 cm³/mol. The molecule has 1 saturated carbocycles. The number of primary amides is 1. The second-order valence-corrected chi connectivity index (χ2v) is 10.3. The Kier molecular flexibility index (Phi) is 9.24. The molecule has 12 nitrogen and oxygen atoms in total. The van der Waals surface area contributed by atoms with E-state index in [9.17, 15) is 34.8 Å². The smallest absolute Gasteiger partial charge is 0.255 e. The van der Waals surface area contributed by atoms with E-state index in [1.54, 1.807) is 33.1 Å². The molecule has 1 heterocycles. The Morgan fingerprint density at radius 2 is 1.77 bits per heavy atom. The van der Waals surface area contributed by atoms with Crippen LogP contribution >= 0.6 is 24.8 Å². The highest BCUT2D eigenvalue weighted by molar-refractivity contribution is 6.24. The van der Waals surface area contributed by atoms with Crippen LogP contribution in [-0.4, -0.2) is 94.2 Å². The van der Waals surface area contributed by atoms with Gasteiger partial charge in [-0.05, 0) is 39.3 Å². The van der Waals surface area contributed by atoms with Crippen molar-refractivity contribution in [3.63, 3.8) is 0 Å². The lowest BCUT2D eigenvalue weighted by molar-refractivity contribution is -0.153. The van der Waals surface area contributed by atoms with E-state index in [0.29, 0.717) is 17.9 Å². The maximum absolute atomic E-state index is 13.9. The van der Waals surface area contributed by atoms with Gasteiger partial charge in [-0.25, -0.2) is 4.98 Å². The topological polar surface area (TPSA) is 190 Å².